The van der Waals surface area contributed by atoms with Gasteiger partial charge >= 0.3 is 5.97 Å². The molecular weight excluding hydrogens is 309 g/mol. The Morgan fingerprint density at radius 1 is 1.29 bits per heavy atom. The summed E-state index contributed by atoms with van der Waals surface area (Å²) in [5, 5.41) is 13.9. The molecule has 0 saturated carbocycles. The van der Waals surface area contributed by atoms with Crippen molar-refractivity contribution < 1.29 is 14.3 Å². The SMILES string of the molecule is O=C(O)C1CCN(Cc2nn(-c3ccc(F)cc3)c3c2CCC3)C1. The molecule has 1 fully saturated rings. The second-order valence-electron chi connectivity index (χ2n) is 6.67. The van der Waals surface area contributed by atoms with Gasteiger partial charge in [-0.05, 0) is 62.1 Å². The molecule has 0 radical (unpaired) electrons. The van der Waals surface area contributed by atoms with E-state index in [4.69, 9.17) is 10.2 Å². The fraction of sp³-hybridized carbons (Fsp3) is 0.444. The van der Waals surface area contributed by atoms with Crippen molar-refractivity contribution >= 4 is 5.97 Å². The first kappa shape index (κ1) is 15.3. The average Bonchev–Trinajstić information content (AvgIpc) is 3.26. The number of benzene rings is 1. The summed E-state index contributed by atoms with van der Waals surface area (Å²) in [6.45, 7) is 2.09. The molecule has 2 aliphatic rings. The summed E-state index contributed by atoms with van der Waals surface area (Å²) < 4.78 is 15.1. The number of aromatic nitrogens is 2. The van der Waals surface area contributed by atoms with Gasteiger partial charge in [-0.1, -0.05) is 0 Å². The molecule has 6 heteroatoms. The van der Waals surface area contributed by atoms with Crippen LogP contribution >= 0.6 is 0 Å². The molecule has 2 aromatic rings. The lowest BCUT2D eigenvalue weighted by Crippen LogP contribution is -2.23. The highest BCUT2D eigenvalue weighted by Gasteiger charge is 2.30. The summed E-state index contributed by atoms with van der Waals surface area (Å²) in [5.74, 6) is -1.23. The van der Waals surface area contributed by atoms with Crippen molar-refractivity contribution in [1.29, 1.82) is 0 Å². The van der Waals surface area contributed by atoms with Crippen LogP contribution in [0.5, 0.6) is 0 Å². The Balaban J connectivity index is 1.60. The minimum absolute atomic E-state index is 0.250. The van der Waals surface area contributed by atoms with Crippen molar-refractivity contribution in [2.75, 3.05) is 13.1 Å². The largest absolute Gasteiger partial charge is 0.481 e. The van der Waals surface area contributed by atoms with Gasteiger partial charge in [-0.15, -0.1) is 0 Å². The molecule has 1 atom stereocenters. The van der Waals surface area contributed by atoms with Crippen LogP contribution in [0.4, 0.5) is 4.39 Å². The predicted octanol–water partition coefficient (Wildman–Crippen LogP) is 2.41. The van der Waals surface area contributed by atoms with Gasteiger partial charge in [-0.2, -0.15) is 5.10 Å². The van der Waals surface area contributed by atoms with Crippen molar-refractivity contribution in [2.45, 2.75) is 32.2 Å². The second kappa shape index (κ2) is 6.02. The minimum Gasteiger partial charge on any atom is -0.481 e. The second-order valence-corrected chi connectivity index (χ2v) is 6.67. The van der Waals surface area contributed by atoms with Gasteiger partial charge in [0.25, 0.3) is 0 Å². The van der Waals surface area contributed by atoms with E-state index in [1.54, 1.807) is 12.1 Å². The molecule has 1 aliphatic carbocycles. The van der Waals surface area contributed by atoms with Crippen molar-refractivity contribution in [3.63, 3.8) is 0 Å². The quantitative estimate of drug-likeness (QED) is 0.936. The van der Waals surface area contributed by atoms with Crippen molar-refractivity contribution in [3.05, 3.63) is 47.0 Å². The predicted molar refractivity (Wildman–Crippen MR) is 86.6 cm³/mol. The van der Waals surface area contributed by atoms with E-state index >= 15 is 0 Å². The van der Waals surface area contributed by atoms with Gasteiger partial charge < -0.3 is 5.11 Å². The van der Waals surface area contributed by atoms with E-state index in [1.165, 1.54) is 23.4 Å². The maximum atomic E-state index is 13.2. The van der Waals surface area contributed by atoms with E-state index in [-0.39, 0.29) is 11.7 Å². The van der Waals surface area contributed by atoms with Gasteiger partial charge in [0.1, 0.15) is 5.82 Å². The van der Waals surface area contributed by atoms with E-state index in [2.05, 4.69) is 4.90 Å². The highest BCUT2D eigenvalue weighted by Crippen LogP contribution is 2.29. The smallest absolute Gasteiger partial charge is 0.307 e. The van der Waals surface area contributed by atoms with Gasteiger partial charge in [-0.3, -0.25) is 9.69 Å². The molecule has 24 heavy (non-hydrogen) atoms. The molecule has 0 bridgehead atoms. The minimum atomic E-state index is -0.709. The zero-order valence-corrected chi connectivity index (χ0v) is 13.4. The standard InChI is InChI=1S/C18H20FN3O2/c19-13-4-6-14(7-5-13)22-17-3-1-2-15(17)16(20-22)11-21-9-8-12(10-21)18(23)24/h4-7,12H,1-3,8-11H2,(H,23,24). The third-order valence-corrected chi connectivity index (χ3v) is 5.08. The number of aliphatic carboxylic acids is 1. The number of carbonyl (C=O) groups is 1. The lowest BCUT2D eigenvalue weighted by Gasteiger charge is -2.14. The van der Waals surface area contributed by atoms with Crippen molar-refractivity contribution in [3.8, 4) is 5.69 Å². The molecule has 1 aliphatic heterocycles. The molecule has 1 unspecified atom stereocenters. The third kappa shape index (κ3) is 2.71. The van der Waals surface area contributed by atoms with Gasteiger partial charge in [0.15, 0.2) is 0 Å². The highest BCUT2D eigenvalue weighted by atomic mass is 19.1. The molecule has 126 valence electrons. The molecule has 0 amide bonds. The number of nitrogens with zero attached hydrogens (tertiary/aromatic N) is 3. The van der Waals surface area contributed by atoms with Crippen molar-refractivity contribution in [2.24, 2.45) is 5.92 Å². The Labute approximate surface area is 139 Å². The van der Waals surface area contributed by atoms with Gasteiger partial charge in [-0.25, -0.2) is 9.07 Å². The Kier molecular flexibility index (Phi) is 3.84. The number of hydrogen-bond donors (Lipinski definition) is 1. The van der Waals surface area contributed by atoms with Crippen LogP contribution in [-0.4, -0.2) is 38.8 Å². The zero-order valence-electron chi connectivity index (χ0n) is 13.4. The number of rotatable bonds is 4. The molecule has 0 spiro atoms. The summed E-state index contributed by atoms with van der Waals surface area (Å²) in [6, 6.07) is 6.41. The Morgan fingerprint density at radius 2 is 2.08 bits per heavy atom. The fourth-order valence-electron chi connectivity index (χ4n) is 3.83. The van der Waals surface area contributed by atoms with E-state index in [9.17, 15) is 9.18 Å². The lowest BCUT2D eigenvalue weighted by atomic mass is 10.1. The molecule has 1 aromatic heterocycles. The highest BCUT2D eigenvalue weighted by molar-refractivity contribution is 5.70. The van der Waals surface area contributed by atoms with E-state index in [1.807, 2.05) is 4.68 Å². The fourth-order valence-corrected chi connectivity index (χ4v) is 3.83. The van der Waals surface area contributed by atoms with Crippen LogP contribution in [-0.2, 0) is 24.2 Å². The van der Waals surface area contributed by atoms with E-state index in [0.717, 1.165) is 37.2 Å². The Hall–Kier alpha value is -2.21. The van der Waals surface area contributed by atoms with Gasteiger partial charge in [0.05, 0.1) is 17.3 Å². The summed E-state index contributed by atoms with van der Waals surface area (Å²) >= 11 is 0. The van der Waals surface area contributed by atoms with Crippen LogP contribution in [0, 0.1) is 11.7 Å². The monoisotopic (exact) mass is 329 g/mol. The number of carboxylic acid groups (broad SMARTS) is 1. The summed E-state index contributed by atoms with van der Waals surface area (Å²) in [4.78, 5) is 13.3. The number of likely N-dealkylation sites (tertiary alicyclic amines) is 1. The van der Waals surface area contributed by atoms with Gasteiger partial charge in [0.2, 0.25) is 0 Å². The topological polar surface area (TPSA) is 58.4 Å². The van der Waals surface area contributed by atoms with Crippen LogP contribution in [0.2, 0.25) is 0 Å². The zero-order chi connectivity index (χ0) is 16.7. The summed E-state index contributed by atoms with van der Waals surface area (Å²) in [6.07, 6.45) is 3.81. The first-order valence-corrected chi connectivity index (χ1v) is 8.42. The maximum Gasteiger partial charge on any atom is 0.307 e. The average molecular weight is 329 g/mol. The van der Waals surface area contributed by atoms with Gasteiger partial charge in [0, 0.05) is 18.8 Å². The first-order chi connectivity index (χ1) is 11.6. The van der Waals surface area contributed by atoms with Crippen molar-refractivity contribution in [1.82, 2.24) is 14.7 Å². The molecule has 1 N–H and O–H groups in total. The molecular formula is C18H20FN3O2. The third-order valence-electron chi connectivity index (χ3n) is 5.08. The van der Waals surface area contributed by atoms with Crippen LogP contribution in [0.25, 0.3) is 5.69 Å². The Morgan fingerprint density at radius 3 is 2.79 bits per heavy atom. The molecule has 1 saturated heterocycles. The number of hydrogen-bond acceptors (Lipinski definition) is 3. The maximum absolute atomic E-state index is 13.2. The number of carboxylic acids is 1. The summed E-state index contributed by atoms with van der Waals surface area (Å²) in [5.41, 5.74) is 4.42. The van der Waals surface area contributed by atoms with E-state index < -0.39 is 5.97 Å². The normalized spacial score (nSPS) is 20.5. The number of halogens is 1. The molecule has 2 heterocycles. The van der Waals surface area contributed by atoms with Crippen LogP contribution in [0.1, 0.15) is 29.8 Å². The lowest BCUT2D eigenvalue weighted by molar-refractivity contribution is -0.141. The molecule has 1 aromatic carbocycles. The van der Waals surface area contributed by atoms with E-state index in [0.29, 0.717) is 19.5 Å². The Bertz CT molecular complexity index is 769. The summed E-state index contributed by atoms with van der Waals surface area (Å²) in [7, 11) is 0. The van der Waals surface area contributed by atoms with Crippen LogP contribution in [0.3, 0.4) is 0 Å². The molecule has 5 nitrogen and oxygen atoms in total. The molecule has 4 rings (SSSR count). The first-order valence-electron chi connectivity index (χ1n) is 8.42. The van der Waals surface area contributed by atoms with Crippen LogP contribution in [0.15, 0.2) is 24.3 Å². The number of fused-ring (bicyclic) bond motifs is 1. The van der Waals surface area contributed by atoms with Crippen LogP contribution < -0.4 is 0 Å².